The molecule has 0 spiro atoms. The van der Waals surface area contributed by atoms with Crippen molar-refractivity contribution in [3.8, 4) is 0 Å². The molecular weight excluding hydrogens is 1150 g/mol. The zero-order valence-electron chi connectivity index (χ0n) is 48.6. The Kier molecular flexibility index (Phi) is 32.7. The van der Waals surface area contributed by atoms with Crippen molar-refractivity contribution in [1.82, 2.24) is 0 Å². The van der Waals surface area contributed by atoms with Crippen LogP contribution in [-0.2, 0) is 52.1 Å². The van der Waals surface area contributed by atoms with Gasteiger partial charge in [0.2, 0.25) is 0 Å². The number of rotatable bonds is 17. The summed E-state index contributed by atoms with van der Waals surface area (Å²) in [5.74, 6) is 0. The average molecular weight is 1240 g/mol. The molecule has 26 nitrogen and oxygen atoms in total. The van der Waals surface area contributed by atoms with Crippen molar-refractivity contribution >= 4 is 18.4 Å². The summed E-state index contributed by atoms with van der Waals surface area (Å²) >= 11 is 0. The summed E-state index contributed by atoms with van der Waals surface area (Å²) in [4.78, 5) is 10.4. The molecule has 0 radical (unpaired) electrons. The van der Waals surface area contributed by atoms with Crippen LogP contribution in [0, 0.1) is 0 Å². The van der Waals surface area contributed by atoms with Gasteiger partial charge in [-0.05, 0) is 62.8 Å². The van der Waals surface area contributed by atoms with Crippen LogP contribution in [0.1, 0.15) is 105 Å². The molecule has 6 fully saturated rings. The highest BCUT2D eigenvalue weighted by molar-refractivity contribution is 5.74. The standard InChI is InChI=1S/C21H28O11.C12H22O11.C12H16O.C11H14O2.C4H8O.CH4/c1-2-9-3-5-10(6-4-9)19-28-8-12-18(31-19)15(25)17(27)21(30-12)32-20-16(26)14(24)13(23)11(7-22)29-20;13-1-3-5(15)7(17)9(19)11(21-3)23-12-10(20)8(18)6(16)4(2-14)22-12;1-4-11-6-8-12(9-7-11)10(3)13-5-2;1-3-13-9(2)11-6-4-10(8-12)5-7-11;1-2-4-5-3-1;/h2-6,11-27H,1,7-8H2;3-20H,1-2H2;4,6-10H,1,5H2,2-3H3;4-9H,3H2,1-2H3;1-4H2;1H4/t11-,12-,13-,14+,15-,16-,17-,18-,19?,20-,21-;3-,4-,5-,6-,7+,8+,9-,10-,11-,12-;;;;/m11..../s1. The van der Waals surface area contributed by atoms with Crippen LogP contribution in [0.3, 0.4) is 0 Å². The van der Waals surface area contributed by atoms with Gasteiger partial charge in [-0.2, -0.15) is 0 Å². The van der Waals surface area contributed by atoms with Crippen molar-refractivity contribution in [2.24, 2.45) is 0 Å². The third kappa shape index (κ3) is 20.9. The third-order valence-electron chi connectivity index (χ3n) is 14.7. The molecule has 0 saturated carbocycles. The first-order valence-electron chi connectivity index (χ1n) is 28.5. The zero-order valence-corrected chi connectivity index (χ0v) is 48.6. The number of aliphatic hydroxyl groups excluding tert-OH is 14. The largest absolute Gasteiger partial charge is 0.394 e. The Morgan fingerprint density at radius 1 is 0.494 bits per heavy atom. The fourth-order valence-electron chi connectivity index (χ4n) is 9.40. The van der Waals surface area contributed by atoms with Crippen LogP contribution in [0.2, 0.25) is 0 Å². The molecule has 26 heteroatoms. The van der Waals surface area contributed by atoms with Crippen LogP contribution in [-0.4, -0.2) is 253 Å². The van der Waals surface area contributed by atoms with Crippen molar-refractivity contribution in [3.63, 3.8) is 0 Å². The lowest BCUT2D eigenvalue weighted by atomic mass is 9.97. The van der Waals surface area contributed by atoms with E-state index in [2.05, 4.69) is 44.3 Å². The molecule has 14 N–H and O–H groups in total. The number of fused-ring (bicyclic) bond motifs is 1. The summed E-state index contributed by atoms with van der Waals surface area (Å²) in [6, 6.07) is 23.0. The predicted molar refractivity (Wildman–Crippen MR) is 309 cm³/mol. The number of hydrogen-bond donors (Lipinski definition) is 14. The molecular formula is C61H92O26. The van der Waals surface area contributed by atoms with Gasteiger partial charge in [-0.3, -0.25) is 4.79 Å². The Bertz CT molecular complexity index is 2280. The summed E-state index contributed by atoms with van der Waals surface area (Å²) in [7, 11) is 0. The van der Waals surface area contributed by atoms with Gasteiger partial charge in [0.05, 0.1) is 38.6 Å². The highest BCUT2D eigenvalue weighted by Gasteiger charge is 2.53. The Balaban J connectivity index is 0.000000256. The van der Waals surface area contributed by atoms with E-state index in [1.165, 1.54) is 18.4 Å². The molecule has 3 aromatic rings. The van der Waals surface area contributed by atoms with Crippen LogP contribution >= 0.6 is 0 Å². The maximum Gasteiger partial charge on any atom is 0.189 e. The molecule has 6 heterocycles. The van der Waals surface area contributed by atoms with Crippen LogP contribution < -0.4 is 0 Å². The highest BCUT2D eigenvalue weighted by atomic mass is 16.8. The van der Waals surface area contributed by atoms with E-state index < -0.39 is 149 Å². The van der Waals surface area contributed by atoms with Gasteiger partial charge in [0.1, 0.15) is 104 Å². The second kappa shape index (κ2) is 37.8. The van der Waals surface area contributed by atoms with Gasteiger partial charge in [-0.25, -0.2) is 0 Å². The maximum atomic E-state index is 10.6. The summed E-state index contributed by atoms with van der Waals surface area (Å²) in [6.07, 6.45) is -22.9. The molecule has 9 rings (SSSR count). The smallest absolute Gasteiger partial charge is 0.189 e. The van der Waals surface area contributed by atoms with Gasteiger partial charge in [-0.15, -0.1) is 0 Å². The zero-order chi connectivity index (χ0) is 63.2. The molecule has 6 aliphatic rings. The second-order valence-electron chi connectivity index (χ2n) is 20.7. The molecule has 6 aliphatic heterocycles. The van der Waals surface area contributed by atoms with E-state index in [-0.39, 0.29) is 26.2 Å². The van der Waals surface area contributed by atoms with E-state index in [0.717, 1.165) is 48.4 Å². The maximum absolute atomic E-state index is 10.6. The molecule has 3 unspecified atom stereocenters. The number of hydrogen-bond acceptors (Lipinski definition) is 26. The fraction of sp³-hybridized carbons (Fsp3) is 0.623. The van der Waals surface area contributed by atoms with Crippen molar-refractivity contribution in [2.75, 3.05) is 52.9 Å². The van der Waals surface area contributed by atoms with Crippen molar-refractivity contribution in [2.45, 2.75) is 189 Å². The monoisotopic (exact) mass is 1240 g/mol. The Morgan fingerprint density at radius 3 is 1.18 bits per heavy atom. The van der Waals surface area contributed by atoms with Crippen LogP contribution in [0.5, 0.6) is 0 Å². The number of carbonyl (C=O) groups excluding carboxylic acids is 1. The van der Waals surface area contributed by atoms with E-state index in [1.54, 1.807) is 30.3 Å². The first-order valence-corrected chi connectivity index (χ1v) is 28.5. The molecule has 87 heavy (non-hydrogen) atoms. The minimum atomic E-state index is -1.72. The third-order valence-corrected chi connectivity index (χ3v) is 14.7. The fourth-order valence-corrected chi connectivity index (χ4v) is 9.40. The van der Waals surface area contributed by atoms with E-state index in [1.807, 2.05) is 51.1 Å². The molecule has 0 aliphatic carbocycles. The highest BCUT2D eigenvalue weighted by Crippen LogP contribution is 2.36. The van der Waals surface area contributed by atoms with Crippen molar-refractivity contribution in [1.29, 1.82) is 0 Å². The first kappa shape index (κ1) is 75.3. The molecule has 0 bridgehead atoms. The van der Waals surface area contributed by atoms with Crippen molar-refractivity contribution in [3.05, 3.63) is 119 Å². The van der Waals surface area contributed by atoms with Crippen molar-refractivity contribution < 1.29 is 128 Å². The van der Waals surface area contributed by atoms with E-state index in [9.17, 15) is 66.1 Å². The number of aliphatic hydroxyl groups is 14. The molecule has 23 atom stereocenters. The first-order chi connectivity index (χ1) is 41.2. The second-order valence-corrected chi connectivity index (χ2v) is 20.7. The lowest BCUT2D eigenvalue weighted by Gasteiger charge is -2.48. The Morgan fingerprint density at radius 2 is 0.851 bits per heavy atom. The van der Waals surface area contributed by atoms with Crippen LogP contribution in [0.25, 0.3) is 12.2 Å². The topological polar surface area (TPSA) is 402 Å². The SMILES string of the molecule is C.C1CCOC1.C=Cc1ccc(C(C)OCC)cc1.C=Cc1ccc(C2OC[C@H]3O[C@H](O[C@H]4O[C@H](CO)[C@@H](O)[C@H](O)[C@H]4O)[C@H](O)[C@@H](O)[C@@H]3O2)cc1.CCOC(C)c1ccc(C=O)cc1.OC[C@H]1O[C@H](O[C@H]2O[C@H](CO)[C@@H](O)[C@H](O)[C@H]2O)[C@H](O)[C@@H](O)[C@@H]1O. The molecule has 6 saturated heterocycles. The van der Waals surface area contributed by atoms with Crippen LogP contribution in [0.4, 0.5) is 0 Å². The minimum Gasteiger partial charge on any atom is -0.394 e. The van der Waals surface area contributed by atoms with Gasteiger partial charge in [-0.1, -0.05) is 106 Å². The van der Waals surface area contributed by atoms with Gasteiger partial charge in [0.25, 0.3) is 0 Å². The summed E-state index contributed by atoms with van der Waals surface area (Å²) in [6.45, 7) is 17.0. The summed E-state index contributed by atoms with van der Waals surface area (Å²) < 4.78 is 59.1. The van der Waals surface area contributed by atoms with Gasteiger partial charge in [0, 0.05) is 37.6 Å². The van der Waals surface area contributed by atoms with Crippen LogP contribution in [0.15, 0.2) is 86.0 Å². The Labute approximate surface area is 506 Å². The molecule has 0 amide bonds. The number of ether oxygens (including phenoxy) is 11. The number of aldehydes is 1. The number of carbonyl (C=O) groups is 1. The summed E-state index contributed by atoms with van der Waals surface area (Å²) in [5.41, 5.74) is 5.81. The lowest BCUT2D eigenvalue weighted by molar-refractivity contribution is -0.399. The van der Waals surface area contributed by atoms with Gasteiger partial charge >= 0.3 is 0 Å². The van der Waals surface area contributed by atoms with E-state index in [4.69, 9.17) is 62.3 Å². The molecule has 0 aromatic heterocycles. The normalized spacial score (nSPS) is 35.2. The Hall–Kier alpha value is -4.19. The molecule has 492 valence electrons. The molecule has 3 aromatic carbocycles. The van der Waals surface area contributed by atoms with E-state index in [0.29, 0.717) is 12.2 Å². The van der Waals surface area contributed by atoms with E-state index >= 15 is 0 Å². The number of benzene rings is 3. The predicted octanol–water partition coefficient (Wildman–Crippen LogP) is 0.0662. The average Bonchev–Trinajstić information content (AvgIpc) is 1.71. The minimum absolute atomic E-state index is 0. The van der Waals surface area contributed by atoms with Gasteiger partial charge < -0.3 is 124 Å². The quantitative estimate of drug-likeness (QED) is 0.0795. The lowest BCUT2D eigenvalue weighted by Crippen LogP contribution is -2.65. The summed E-state index contributed by atoms with van der Waals surface area (Å²) in [5, 5.41) is 137. The van der Waals surface area contributed by atoms with Gasteiger partial charge in [0.15, 0.2) is 31.5 Å².